The topological polar surface area (TPSA) is 66.5 Å². The minimum absolute atomic E-state index is 0.151. The zero-order valence-electron chi connectivity index (χ0n) is 10.2. The maximum absolute atomic E-state index is 12.5. The second-order valence-electron chi connectivity index (χ2n) is 4.14. The molecule has 0 saturated heterocycles. The summed E-state index contributed by atoms with van der Waals surface area (Å²) in [7, 11) is 0. The number of alkyl halides is 3. The van der Waals surface area contributed by atoms with Gasteiger partial charge in [-0.05, 0) is 18.2 Å². The molecule has 0 aliphatic carbocycles. The Balaban J connectivity index is 2.09. The maximum atomic E-state index is 12.5. The molecule has 2 rings (SSSR count). The van der Waals surface area contributed by atoms with Crippen LogP contribution < -0.4 is 0 Å². The van der Waals surface area contributed by atoms with Crippen molar-refractivity contribution in [1.82, 2.24) is 4.98 Å². The lowest BCUT2D eigenvalue weighted by Gasteiger charge is -2.04. The Hall–Kier alpha value is -1.25. The predicted octanol–water partition coefficient (Wildman–Crippen LogP) is 2.43. The first kappa shape index (κ1) is 15.1. The van der Waals surface area contributed by atoms with Crippen molar-refractivity contribution in [2.75, 3.05) is 12.4 Å². The summed E-state index contributed by atoms with van der Waals surface area (Å²) in [5.74, 6) is 0.894. The van der Waals surface area contributed by atoms with Crippen molar-refractivity contribution in [2.45, 2.75) is 18.0 Å². The third-order valence-corrected chi connectivity index (χ3v) is 3.58. The summed E-state index contributed by atoms with van der Waals surface area (Å²) >= 11 is 1.28. The number of thioether (sulfide) groups is 1. The smallest absolute Gasteiger partial charge is 0.416 e. The molecule has 2 N–H and O–H groups in total. The van der Waals surface area contributed by atoms with Crippen molar-refractivity contribution in [3.05, 3.63) is 29.7 Å². The summed E-state index contributed by atoms with van der Waals surface area (Å²) in [6, 6.07) is 3.12. The van der Waals surface area contributed by atoms with Crippen molar-refractivity contribution in [3.8, 4) is 0 Å². The number of hydrogen-bond donors (Lipinski definition) is 2. The number of aliphatic hydroxyl groups excluding tert-OH is 2. The summed E-state index contributed by atoms with van der Waals surface area (Å²) in [4.78, 5) is 3.98. The highest BCUT2D eigenvalue weighted by Crippen LogP contribution is 2.31. The molecule has 4 nitrogen and oxygen atoms in total. The molecule has 110 valence electrons. The third-order valence-electron chi connectivity index (χ3n) is 2.51. The van der Waals surface area contributed by atoms with Crippen LogP contribution in [0.1, 0.15) is 11.5 Å². The van der Waals surface area contributed by atoms with Gasteiger partial charge in [-0.25, -0.2) is 4.98 Å². The second kappa shape index (κ2) is 6.02. The average Bonchev–Trinajstić information content (AvgIpc) is 2.78. The maximum Gasteiger partial charge on any atom is 0.416 e. The van der Waals surface area contributed by atoms with E-state index < -0.39 is 17.8 Å². The predicted molar refractivity (Wildman–Crippen MR) is 68.3 cm³/mol. The Kier molecular flexibility index (Phi) is 4.56. The third kappa shape index (κ3) is 3.65. The quantitative estimate of drug-likeness (QED) is 0.888. The Morgan fingerprint density at radius 1 is 1.35 bits per heavy atom. The van der Waals surface area contributed by atoms with Crippen molar-refractivity contribution in [3.63, 3.8) is 0 Å². The molecule has 0 unspecified atom stereocenters. The molecule has 1 aromatic carbocycles. The van der Waals surface area contributed by atoms with Crippen molar-refractivity contribution in [1.29, 1.82) is 0 Å². The zero-order valence-corrected chi connectivity index (χ0v) is 11.0. The molecule has 1 aromatic heterocycles. The van der Waals surface area contributed by atoms with E-state index in [0.717, 1.165) is 12.1 Å². The van der Waals surface area contributed by atoms with E-state index >= 15 is 0 Å². The molecule has 0 aliphatic rings. The van der Waals surface area contributed by atoms with E-state index in [1.165, 1.54) is 17.8 Å². The number of hydrogen-bond acceptors (Lipinski definition) is 5. The second-order valence-corrected chi connectivity index (χ2v) is 5.17. The van der Waals surface area contributed by atoms with Crippen LogP contribution in [0.15, 0.2) is 22.6 Å². The van der Waals surface area contributed by atoms with Crippen LogP contribution in [0.4, 0.5) is 13.2 Å². The van der Waals surface area contributed by atoms with Crippen LogP contribution in [0, 0.1) is 0 Å². The molecule has 0 amide bonds. The number of aromatic nitrogens is 1. The van der Waals surface area contributed by atoms with Gasteiger partial charge in [-0.1, -0.05) is 0 Å². The van der Waals surface area contributed by atoms with Crippen LogP contribution in [0.3, 0.4) is 0 Å². The first-order chi connectivity index (χ1) is 9.40. The Morgan fingerprint density at radius 2 is 2.10 bits per heavy atom. The SMILES string of the molecule is OC[C@H](O)CSCc1nc2cc(C(F)(F)F)ccc2o1. The van der Waals surface area contributed by atoms with Gasteiger partial charge in [0.25, 0.3) is 0 Å². The van der Waals surface area contributed by atoms with Crippen LogP contribution >= 0.6 is 11.8 Å². The number of benzene rings is 1. The molecule has 0 radical (unpaired) electrons. The fourth-order valence-corrected chi connectivity index (χ4v) is 2.34. The fourth-order valence-electron chi connectivity index (χ4n) is 1.55. The van der Waals surface area contributed by atoms with Gasteiger partial charge in [0, 0.05) is 5.75 Å². The van der Waals surface area contributed by atoms with Crippen molar-refractivity contribution in [2.24, 2.45) is 0 Å². The van der Waals surface area contributed by atoms with Crippen LogP contribution in [-0.2, 0) is 11.9 Å². The van der Waals surface area contributed by atoms with Crippen molar-refractivity contribution >= 4 is 22.9 Å². The van der Waals surface area contributed by atoms with E-state index in [0.29, 0.717) is 11.5 Å². The summed E-state index contributed by atoms with van der Waals surface area (Å²) in [6.45, 7) is -0.338. The molecule has 0 bridgehead atoms. The van der Waals surface area contributed by atoms with Gasteiger partial charge in [-0.2, -0.15) is 13.2 Å². The van der Waals surface area contributed by atoms with Crippen molar-refractivity contribution < 1.29 is 27.8 Å². The molecule has 0 saturated carbocycles. The lowest BCUT2D eigenvalue weighted by atomic mass is 10.2. The van der Waals surface area contributed by atoms with E-state index in [9.17, 15) is 13.2 Å². The number of oxazole rings is 1. The standard InChI is InChI=1S/C12H12F3NO3S/c13-12(14,15)7-1-2-10-9(3-7)16-11(19-10)6-20-5-8(18)4-17/h1-3,8,17-18H,4-6H2/t8-/m0/s1. The monoisotopic (exact) mass is 307 g/mol. The Labute approximate surface area is 116 Å². The summed E-state index contributed by atoms with van der Waals surface area (Å²) in [5.41, 5.74) is -0.331. The molecule has 8 heteroatoms. The van der Waals surface area contributed by atoms with E-state index in [4.69, 9.17) is 14.6 Å². The first-order valence-corrected chi connectivity index (χ1v) is 6.89. The first-order valence-electron chi connectivity index (χ1n) is 5.73. The molecule has 0 spiro atoms. The van der Waals surface area contributed by atoms with Gasteiger partial charge in [0.05, 0.1) is 24.0 Å². The zero-order chi connectivity index (χ0) is 14.8. The Bertz CT molecular complexity index is 585. The van der Waals surface area contributed by atoms with E-state index in [1.807, 2.05) is 0 Å². The molecule has 20 heavy (non-hydrogen) atoms. The average molecular weight is 307 g/mol. The number of fused-ring (bicyclic) bond motifs is 1. The summed E-state index contributed by atoms with van der Waals surface area (Å²) in [6.07, 6.45) is -5.24. The van der Waals surface area contributed by atoms with E-state index in [-0.39, 0.29) is 23.6 Å². The van der Waals surface area contributed by atoms with Gasteiger partial charge in [-0.15, -0.1) is 11.8 Å². The fraction of sp³-hybridized carbons (Fsp3) is 0.417. The molecule has 0 fully saturated rings. The highest BCUT2D eigenvalue weighted by atomic mass is 32.2. The van der Waals surface area contributed by atoms with Gasteiger partial charge in [-0.3, -0.25) is 0 Å². The highest BCUT2D eigenvalue weighted by Gasteiger charge is 2.31. The minimum Gasteiger partial charge on any atom is -0.440 e. The molecule has 1 heterocycles. The summed E-state index contributed by atoms with van der Waals surface area (Å²) in [5, 5.41) is 17.8. The molecular weight excluding hydrogens is 295 g/mol. The van der Waals surface area contributed by atoms with Gasteiger partial charge >= 0.3 is 6.18 Å². The van der Waals surface area contributed by atoms with Crippen LogP contribution in [0.2, 0.25) is 0 Å². The molecule has 2 aromatic rings. The minimum atomic E-state index is -4.41. The van der Waals surface area contributed by atoms with Gasteiger partial charge in [0.2, 0.25) is 5.89 Å². The molecular formula is C12H12F3NO3S. The lowest BCUT2D eigenvalue weighted by Crippen LogP contribution is -2.14. The lowest BCUT2D eigenvalue weighted by molar-refractivity contribution is -0.137. The van der Waals surface area contributed by atoms with E-state index in [2.05, 4.69) is 4.98 Å². The highest BCUT2D eigenvalue weighted by molar-refractivity contribution is 7.98. The normalized spacial score (nSPS) is 13.8. The van der Waals surface area contributed by atoms with Crippen LogP contribution in [0.5, 0.6) is 0 Å². The van der Waals surface area contributed by atoms with Gasteiger partial charge in [0.15, 0.2) is 5.58 Å². The largest absolute Gasteiger partial charge is 0.440 e. The Morgan fingerprint density at radius 3 is 2.75 bits per heavy atom. The molecule has 1 atom stereocenters. The van der Waals surface area contributed by atoms with Crippen LogP contribution in [-0.4, -0.2) is 33.7 Å². The number of rotatable bonds is 5. The number of aliphatic hydroxyl groups is 2. The summed E-state index contributed by atoms with van der Waals surface area (Å²) < 4.78 is 42.9. The molecule has 0 aliphatic heterocycles. The van der Waals surface area contributed by atoms with E-state index in [1.54, 1.807) is 0 Å². The van der Waals surface area contributed by atoms with Gasteiger partial charge < -0.3 is 14.6 Å². The number of nitrogens with zero attached hydrogens (tertiary/aromatic N) is 1. The van der Waals surface area contributed by atoms with Gasteiger partial charge in [0.1, 0.15) is 5.52 Å². The van der Waals surface area contributed by atoms with Crippen LogP contribution in [0.25, 0.3) is 11.1 Å². The number of halogens is 3.